The van der Waals surface area contributed by atoms with Crippen LogP contribution in [0.25, 0.3) is 0 Å². The second-order valence-electron chi connectivity index (χ2n) is 8.79. The Hall–Kier alpha value is -2.75. The number of halogens is 1. The first-order valence-corrected chi connectivity index (χ1v) is 12.4. The van der Waals surface area contributed by atoms with Gasteiger partial charge in [0.1, 0.15) is 5.78 Å². The largest absolute Gasteiger partial charge is 0.328 e. The Labute approximate surface area is 217 Å². The fraction of sp³-hybridized carbons (Fsp3) is 0.355. The Morgan fingerprint density at radius 2 is 1.51 bits per heavy atom. The topological polar surface area (TPSA) is 60.2 Å². The summed E-state index contributed by atoms with van der Waals surface area (Å²) in [5, 5.41) is 0.723. The molecule has 2 aromatic rings. The van der Waals surface area contributed by atoms with Crippen molar-refractivity contribution in [3.8, 4) is 0 Å². The van der Waals surface area contributed by atoms with E-state index >= 15 is 0 Å². The van der Waals surface area contributed by atoms with E-state index in [9.17, 15) is 9.59 Å². The molecular weight excluding hydrogens is 454 g/mol. The van der Waals surface area contributed by atoms with Crippen LogP contribution in [-0.2, 0) is 4.79 Å². The molecule has 2 aromatic carbocycles. The van der Waals surface area contributed by atoms with Crippen molar-refractivity contribution >= 4 is 23.2 Å². The molecule has 0 saturated heterocycles. The van der Waals surface area contributed by atoms with Gasteiger partial charge in [-0.15, -0.1) is 0 Å². The molecule has 2 N–H and O–H groups in total. The van der Waals surface area contributed by atoms with Crippen molar-refractivity contribution in [3.05, 3.63) is 106 Å². The first-order chi connectivity index (χ1) is 16.5. The van der Waals surface area contributed by atoms with Crippen LogP contribution in [-0.4, -0.2) is 17.6 Å². The van der Waals surface area contributed by atoms with Crippen LogP contribution in [0.15, 0.2) is 83.9 Å². The van der Waals surface area contributed by atoms with Gasteiger partial charge in [-0.25, -0.2) is 0 Å². The van der Waals surface area contributed by atoms with E-state index in [1.165, 1.54) is 11.1 Å². The predicted octanol–water partition coefficient (Wildman–Crippen LogP) is 8.22. The van der Waals surface area contributed by atoms with E-state index in [2.05, 4.69) is 44.7 Å². The Morgan fingerprint density at radius 1 is 0.971 bits per heavy atom. The Bertz CT molecular complexity index is 964. The zero-order valence-corrected chi connectivity index (χ0v) is 23.0. The maximum atomic E-state index is 11.7. The number of Topliss-reactive ketones (excluding diaryl/α,β-unsaturated/α-hetero) is 2. The standard InChI is InChI=1S/C13H16O2.C10H16ClN.C8H10/c1-10-6-3-4-8-12(10)13(15)9-5-7-11(2)14;1-4-10(11)6-5-8(2)7-9(3)12;1-7-3-5-8(2)6-4-7/h3-4,6,8H,5,7,9H2,1-2H3;4-6,9H,2,7,12H2,1,3H3;3-6H,1-2H3/b;6-5-,10-4+;. The molecule has 190 valence electrons. The third-order valence-corrected chi connectivity index (χ3v) is 5.28. The summed E-state index contributed by atoms with van der Waals surface area (Å²) < 4.78 is 0. The molecule has 0 spiro atoms. The van der Waals surface area contributed by atoms with Crippen molar-refractivity contribution in [2.45, 2.75) is 73.3 Å². The average molecular weight is 496 g/mol. The molecule has 0 aliphatic rings. The van der Waals surface area contributed by atoms with Gasteiger partial charge >= 0.3 is 0 Å². The Kier molecular flexibility index (Phi) is 17.1. The van der Waals surface area contributed by atoms with Gasteiger partial charge in [-0.2, -0.15) is 0 Å². The van der Waals surface area contributed by atoms with Crippen LogP contribution in [0.5, 0.6) is 0 Å². The van der Waals surface area contributed by atoms with E-state index < -0.39 is 0 Å². The number of allylic oxidation sites excluding steroid dienone is 4. The lowest BCUT2D eigenvalue weighted by molar-refractivity contribution is -0.117. The van der Waals surface area contributed by atoms with Gasteiger partial charge < -0.3 is 10.5 Å². The summed E-state index contributed by atoms with van der Waals surface area (Å²) in [6.07, 6.45) is 7.98. The number of aryl methyl sites for hydroxylation is 3. The lowest BCUT2D eigenvalue weighted by atomic mass is 10.0. The zero-order valence-electron chi connectivity index (χ0n) is 22.2. The molecule has 4 heteroatoms. The van der Waals surface area contributed by atoms with E-state index in [1.807, 2.05) is 63.3 Å². The van der Waals surface area contributed by atoms with Gasteiger partial charge in [0.25, 0.3) is 0 Å². The van der Waals surface area contributed by atoms with Crippen molar-refractivity contribution in [1.29, 1.82) is 0 Å². The lowest BCUT2D eigenvalue weighted by Gasteiger charge is -2.03. The zero-order chi connectivity index (χ0) is 26.8. The minimum Gasteiger partial charge on any atom is -0.328 e. The smallest absolute Gasteiger partial charge is 0.163 e. The minimum atomic E-state index is 0.134. The van der Waals surface area contributed by atoms with Gasteiger partial charge in [-0.3, -0.25) is 4.79 Å². The van der Waals surface area contributed by atoms with E-state index in [4.69, 9.17) is 17.3 Å². The minimum absolute atomic E-state index is 0.134. The fourth-order valence-electron chi connectivity index (χ4n) is 2.93. The maximum absolute atomic E-state index is 11.7. The van der Waals surface area contributed by atoms with Gasteiger partial charge in [0.2, 0.25) is 0 Å². The molecule has 0 saturated carbocycles. The van der Waals surface area contributed by atoms with Gasteiger partial charge in [-0.05, 0) is 66.0 Å². The summed E-state index contributed by atoms with van der Waals surface area (Å²) in [6.45, 7) is 15.4. The molecule has 1 unspecified atom stereocenters. The van der Waals surface area contributed by atoms with Gasteiger partial charge in [-0.1, -0.05) is 95.6 Å². The molecule has 3 nitrogen and oxygen atoms in total. The molecule has 0 aliphatic carbocycles. The van der Waals surface area contributed by atoms with Gasteiger partial charge in [0.15, 0.2) is 5.78 Å². The number of rotatable bonds is 9. The molecule has 1 atom stereocenters. The van der Waals surface area contributed by atoms with Crippen LogP contribution in [0.3, 0.4) is 0 Å². The van der Waals surface area contributed by atoms with E-state index in [0.29, 0.717) is 19.3 Å². The number of carbonyl (C=O) groups excluding carboxylic acids is 2. The number of carbonyl (C=O) groups is 2. The van der Waals surface area contributed by atoms with E-state index in [0.717, 1.165) is 28.2 Å². The van der Waals surface area contributed by atoms with Gasteiger partial charge in [0.05, 0.1) is 0 Å². The van der Waals surface area contributed by atoms with Crippen LogP contribution in [0, 0.1) is 20.8 Å². The number of hydrogen-bond donors (Lipinski definition) is 1. The third kappa shape index (κ3) is 17.4. The van der Waals surface area contributed by atoms with Crippen LogP contribution < -0.4 is 5.73 Å². The summed E-state index contributed by atoms with van der Waals surface area (Å²) in [5.41, 5.74) is 11.0. The van der Waals surface area contributed by atoms with E-state index in [1.54, 1.807) is 6.92 Å². The van der Waals surface area contributed by atoms with Crippen molar-refractivity contribution in [2.75, 3.05) is 0 Å². The van der Waals surface area contributed by atoms with Crippen LogP contribution in [0.4, 0.5) is 0 Å². The number of hydrogen-bond acceptors (Lipinski definition) is 3. The highest BCUT2D eigenvalue weighted by Gasteiger charge is 2.08. The van der Waals surface area contributed by atoms with Crippen molar-refractivity contribution < 1.29 is 9.59 Å². The van der Waals surface area contributed by atoms with E-state index in [-0.39, 0.29) is 17.6 Å². The summed E-state index contributed by atoms with van der Waals surface area (Å²) in [4.78, 5) is 22.5. The molecule has 35 heavy (non-hydrogen) atoms. The van der Waals surface area contributed by atoms with Crippen molar-refractivity contribution in [3.63, 3.8) is 0 Å². The predicted molar refractivity (Wildman–Crippen MR) is 152 cm³/mol. The SMILES string of the molecule is C=C(/C=C\C(Cl)=C/C)CC(C)N.CC(=O)CCCC(=O)c1ccccc1C.Cc1ccc(C)cc1. The van der Waals surface area contributed by atoms with Gasteiger partial charge in [0, 0.05) is 29.5 Å². The second kappa shape index (κ2) is 18.6. The summed E-state index contributed by atoms with van der Waals surface area (Å²) in [5.74, 6) is 0.280. The fourth-order valence-corrected chi connectivity index (χ4v) is 2.99. The summed E-state index contributed by atoms with van der Waals surface area (Å²) >= 11 is 5.75. The summed E-state index contributed by atoms with van der Waals surface area (Å²) in [6, 6.07) is 16.2. The molecule has 0 bridgehead atoms. The third-order valence-electron chi connectivity index (χ3n) is 4.93. The normalized spacial score (nSPS) is 11.6. The number of ketones is 2. The van der Waals surface area contributed by atoms with Crippen LogP contribution >= 0.6 is 11.6 Å². The highest BCUT2D eigenvalue weighted by molar-refractivity contribution is 6.31. The molecular formula is C31H42ClNO2. The highest BCUT2D eigenvalue weighted by atomic mass is 35.5. The molecule has 0 aromatic heterocycles. The molecule has 2 rings (SSSR count). The molecule has 0 amide bonds. The maximum Gasteiger partial charge on any atom is 0.163 e. The Morgan fingerprint density at radius 3 is 1.97 bits per heavy atom. The average Bonchev–Trinajstić information content (AvgIpc) is 2.80. The first kappa shape index (κ1) is 32.2. The molecule has 0 radical (unpaired) electrons. The summed E-state index contributed by atoms with van der Waals surface area (Å²) in [7, 11) is 0. The number of benzene rings is 2. The highest BCUT2D eigenvalue weighted by Crippen LogP contribution is 2.12. The quantitative estimate of drug-likeness (QED) is 0.281. The van der Waals surface area contributed by atoms with Crippen LogP contribution in [0.1, 0.15) is 73.5 Å². The van der Waals surface area contributed by atoms with Crippen molar-refractivity contribution in [1.82, 2.24) is 0 Å². The Balaban J connectivity index is 0.000000518. The first-order valence-electron chi connectivity index (χ1n) is 12.0. The van der Waals surface area contributed by atoms with Crippen LogP contribution in [0.2, 0.25) is 0 Å². The lowest BCUT2D eigenvalue weighted by Crippen LogP contribution is -2.14. The van der Waals surface area contributed by atoms with Crippen molar-refractivity contribution in [2.24, 2.45) is 5.73 Å². The molecule has 0 fully saturated rings. The monoisotopic (exact) mass is 495 g/mol. The molecule has 0 aliphatic heterocycles. The molecule has 0 heterocycles. The second-order valence-corrected chi connectivity index (χ2v) is 9.23. The number of nitrogens with two attached hydrogens (primary N) is 1.